The van der Waals surface area contributed by atoms with Crippen LogP contribution in [-0.2, 0) is 11.8 Å². The van der Waals surface area contributed by atoms with Crippen molar-refractivity contribution in [3.63, 3.8) is 0 Å². The molecule has 1 heterocycles. The number of Topliss-reactive ketones (excluding diaryl/α,β-unsaturated/α-hetero) is 1. The summed E-state index contributed by atoms with van der Waals surface area (Å²) in [5.74, 6) is -0.423. The lowest BCUT2D eigenvalue weighted by atomic mass is 10.00. The molecule has 1 aromatic heterocycles. The van der Waals surface area contributed by atoms with E-state index >= 15 is 0 Å². The van der Waals surface area contributed by atoms with Crippen molar-refractivity contribution in [2.45, 2.75) is 116 Å². The van der Waals surface area contributed by atoms with E-state index in [0.717, 1.165) is 30.2 Å². The molecule has 190 valence electrons. The van der Waals surface area contributed by atoms with Gasteiger partial charge in [-0.1, -0.05) is 102 Å². The molecule has 0 aliphatic carbocycles. The number of unbranched alkanes of at least 4 members (excludes halogenated alkanes) is 12. The Hall–Kier alpha value is -2.14. The molecule has 0 radical (unpaired) electrons. The first-order valence-corrected chi connectivity index (χ1v) is 13.5. The fourth-order valence-electron chi connectivity index (χ4n) is 4.66. The maximum absolute atomic E-state index is 12.8. The van der Waals surface area contributed by atoms with Crippen molar-refractivity contribution in [1.29, 1.82) is 0 Å². The number of amides is 1. The first-order valence-electron chi connectivity index (χ1n) is 13.5. The summed E-state index contributed by atoms with van der Waals surface area (Å²) in [6.45, 7) is 3.82. The molecular formula is C29H46N2O3. The van der Waals surface area contributed by atoms with Crippen molar-refractivity contribution in [1.82, 2.24) is 9.88 Å². The highest BCUT2D eigenvalue weighted by Crippen LogP contribution is 2.19. The van der Waals surface area contributed by atoms with Gasteiger partial charge in [-0.3, -0.25) is 9.59 Å². The molecule has 0 fully saturated rings. The topological polar surface area (TPSA) is 71.3 Å². The molecule has 5 heteroatoms. The third kappa shape index (κ3) is 9.25. The lowest BCUT2D eigenvalue weighted by Gasteiger charge is -2.20. The molecule has 2 rings (SSSR count). The van der Waals surface area contributed by atoms with Crippen molar-refractivity contribution >= 4 is 22.6 Å². The lowest BCUT2D eigenvalue weighted by molar-refractivity contribution is -0.123. The summed E-state index contributed by atoms with van der Waals surface area (Å²) in [6.07, 6.45) is 15.8. The summed E-state index contributed by atoms with van der Waals surface area (Å²) >= 11 is 0. The number of carbonyl (C=O) groups excluding carboxylic acids is 2. The summed E-state index contributed by atoms with van der Waals surface area (Å²) in [5, 5.41) is 13.9. The second-order valence-electron chi connectivity index (χ2n) is 9.80. The number of carbonyl (C=O) groups is 2. The Morgan fingerprint density at radius 2 is 1.41 bits per heavy atom. The largest absolute Gasteiger partial charge is 0.391 e. The predicted octanol–water partition coefficient (Wildman–Crippen LogP) is 6.71. The average molecular weight is 471 g/mol. The van der Waals surface area contributed by atoms with Crippen molar-refractivity contribution < 1.29 is 14.7 Å². The first-order chi connectivity index (χ1) is 16.5. The van der Waals surface area contributed by atoms with E-state index in [9.17, 15) is 14.7 Å². The number of aromatic nitrogens is 1. The molecule has 2 aromatic rings. The number of nitrogens with zero attached hydrogens (tertiary/aromatic N) is 1. The summed E-state index contributed by atoms with van der Waals surface area (Å²) in [7, 11) is 1.84. The highest BCUT2D eigenvalue weighted by molar-refractivity contribution is 6.01. The molecule has 1 aromatic carbocycles. The van der Waals surface area contributed by atoms with Crippen LogP contribution in [0.2, 0.25) is 0 Å². The van der Waals surface area contributed by atoms with Crippen LogP contribution in [0.5, 0.6) is 0 Å². The fraction of sp³-hybridized carbons (Fsp3) is 0.655. The van der Waals surface area contributed by atoms with Gasteiger partial charge in [0.05, 0.1) is 6.10 Å². The van der Waals surface area contributed by atoms with Crippen molar-refractivity contribution in [3.8, 4) is 0 Å². The van der Waals surface area contributed by atoms with Crippen LogP contribution in [0.15, 0.2) is 30.3 Å². The van der Waals surface area contributed by atoms with Gasteiger partial charge in [-0.2, -0.15) is 0 Å². The van der Waals surface area contributed by atoms with E-state index in [1.54, 1.807) is 6.92 Å². The zero-order valence-corrected chi connectivity index (χ0v) is 21.7. The fourth-order valence-corrected chi connectivity index (χ4v) is 4.66. The van der Waals surface area contributed by atoms with Crippen LogP contribution in [0.4, 0.5) is 0 Å². The second-order valence-corrected chi connectivity index (χ2v) is 9.80. The van der Waals surface area contributed by atoms with Crippen LogP contribution < -0.4 is 5.32 Å². The monoisotopic (exact) mass is 470 g/mol. The molecule has 2 N–H and O–H groups in total. The molecule has 5 nitrogen and oxygen atoms in total. The number of aryl methyl sites for hydroxylation is 1. The van der Waals surface area contributed by atoms with E-state index in [1.165, 1.54) is 64.2 Å². The SMILES string of the molecule is CCCCCCCCCCCCCCCC(=O)[C@@H](NC(=O)c1cc2ccccc2n1C)[C@@H](C)O. The zero-order valence-electron chi connectivity index (χ0n) is 21.7. The number of rotatable bonds is 18. The minimum absolute atomic E-state index is 0.0924. The zero-order chi connectivity index (χ0) is 24.8. The van der Waals surface area contributed by atoms with Crippen molar-refractivity contribution in [3.05, 3.63) is 36.0 Å². The van der Waals surface area contributed by atoms with Gasteiger partial charge >= 0.3 is 0 Å². The van der Waals surface area contributed by atoms with E-state index in [0.29, 0.717) is 12.1 Å². The van der Waals surface area contributed by atoms with E-state index in [4.69, 9.17) is 0 Å². The number of nitrogens with one attached hydrogen (secondary N) is 1. The number of fused-ring (bicyclic) bond motifs is 1. The molecule has 1 amide bonds. The second kappa shape index (κ2) is 15.7. The Morgan fingerprint density at radius 1 is 0.882 bits per heavy atom. The molecule has 0 saturated heterocycles. The number of para-hydroxylation sites is 1. The highest BCUT2D eigenvalue weighted by Gasteiger charge is 2.26. The summed E-state index contributed by atoms with van der Waals surface area (Å²) in [4.78, 5) is 25.6. The van der Waals surface area contributed by atoms with Crippen LogP contribution in [0.1, 0.15) is 114 Å². The smallest absolute Gasteiger partial charge is 0.268 e. The van der Waals surface area contributed by atoms with Crippen LogP contribution in [0.3, 0.4) is 0 Å². The van der Waals surface area contributed by atoms with E-state index in [2.05, 4.69) is 12.2 Å². The number of hydrogen-bond acceptors (Lipinski definition) is 3. The highest BCUT2D eigenvalue weighted by atomic mass is 16.3. The van der Waals surface area contributed by atoms with Gasteiger partial charge in [0.2, 0.25) is 0 Å². The number of aliphatic hydroxyl groups is 1. The van der Waals surface area contributed by atoms with Gasteiger partial charge in [0, 0.05) is 24.4 Å². The van der Waals surface area contributed by atoms with Gasteiger partial charge in [-0.25, -0.2) is 0 Å². The molecule has 0 spiro atoms. The van der Waals surface area contributed by atoms with Gasteiger partial charge in [0.1, 0.15) is 11.7 Å². The number of hydrogen-bond donors (Lipinski definition) is 2. The van der Waals surface area contributed by atoms with Crippen LogP contribution >= 0.6 is 0 Å². The van der Waals surface area contributed by atoms with E-state index in [-0.39, 0.29) is 11.7 Å². The minimum Gasteiger partial charge on any atom is -0.391 e. The standard InChI is InChI=1S/C29H46N2O3/c1-4-5-6-7-8-9-10-11-12-13-14-15-16-21-27(33)28(23(2)32)30-29(34)26-22-24-19-17-18-20-25(24)31(26)3/h17-20,22-23,28,32H,4-16,21H2,1-3H3,(H,30,34)/t23-,28+/m1/s1. The molecule has 0 aliphatic rings. The van der Waals surface area contributed by atoms with Gasteiger partial charge in [-0.15, -0.1) is 0 Å². The molecule has 0 aliphatic heterocycles. The van der Waals surface area contributed by atoms with Gasteiger partial charge < -0.3 is 15.0 Å². The van der Waals surface area contributed by atoms with Crippen LogP contribution in [0.25, 0.3) is 10.9 Å². The third-order valence-corrected chi connectivity index (χ3v) is 6.83. The van der Waals surface area contributed by atoms with Crippen molar-refractivity contribution in [2.24, 2.45) is 7.05 Å². The first kappa shape index (κ1) is 28.1. The van der Waals surface area contributed by atoms with Gasteiger partial charge in [0.25, 0.3) is 5.91 Å². The van der Waals surface area contributed by atoms with Crippen LogP contribution in [0, 0.1) is 0 Å². The molecule has 34 heavy (non-hydrogen) atoms. The number of aliphatic hydroxyl groups excluding tert-OH is 1. The minimum atomic E-state index is -0.923. The van der Waals surface area contributed by atoms with Crippen LogP contribution in [-0.4, -0.2) is 33.5 Å². The maximum atomic E-state index is 12.8. The maximum Gasteiger partial charge on any atom is 0.268 e. The molecule has 2 atom stereocenters. The molecule has 0 unspecified atom stereocenters. The number of benzene rings is 1. The van der Waals surface area contributed by atoms with Gasteiger partial charge in [0.15, 0.2) is 5.78 Å². The molecule has 0 saturated carbocycles. The Balaban J connectivity index is 1.64. The average Bonchev–Trinajstić information content (AvgIpc) is 3.16. The summed E-state index contributed by atoms with van der Waals surface area (Å²) in [5.41, 5.74) is 1.44. The predicted molar refractivity (Wildman–Crippen MR) is 141 cm³/mol. The summed E-state index contributed by atoms with van der Waals surface area (Å²) in [6, 6.07) is 8.73. The molecular weight excluding hydrogens is 424 g/mol. The quantitative estimate of drug-likeness (QED) is 0.238. The summed E-state index contributed by atoms with van der Waals surface area (Å²) < 4.78 is 1.82. The Kier molecular flexibility index (Phi) is 13.0. The van der Waals surface area contributed by atoms with E-state index in [1.807, 2.05) is 41.9 Å². The normalized spacial score (nSPS) is 13.2. The molecule has 0 bridgehead atoms. The lowest BCUT2D eigenvalue weighted by Crippen LogP contribution is -2.48. The van der Waals surface area contributed by atoms with Gasteiger partial charge in [-0.05, 0) is 25.5 Å². The van der Waals surface area contributed by atoms with Crippen molar-refractivity contribution in [2.75, 3.05) is 0 Å². The third-order valence-electron chi connectivity index (χ3n) is 6.83. The Morgan fingerprint density at radius 3 is 1.94 bits per heavy atom. The Labute approximate surface area is 206 Å². The Bertz CT molecular complexity index is 871. The number of ketones is 1. The van der Waals surface area contributed by atoms with E-state index < -0.39 is 12.1 Å².